The van der Waals surface area contributed by atoms with Gasteiger partial charge in [-0.3, -0.25) is 4.79 Å². The Morgan fingerprint density at radius 3 is 2.43 bits per heavy atom. The highest BCUT2D eigenvalue weighted by atomic mass is 32.1. The molecule has 3 heteroatoms. The highest BCUT2D eigenvalue weighted by Crippen LogP contribution is 2.27. The summed E-state index contributed by atoms with van der Waals surface area (Å²) in [5.74, 6) is -0.0448. The zero-order valence-corrected chi connectivity index (χ0v) is 12.3. The van der Waals surface area contributed by atoms with E-state index in [9.17, 15) is 4.79 Å². The van der Waals surface area contributed by atoms with E-state index < -0.39 is 0 Å². The van der Waals surface area contributed by atoms with Crippen LogP contribution in [0.5, 0.6) is 0 Å². The summed E-state index contributed by atoms with van der Waals surface area (Å²) >= 11 is 1.71. The van der Waals surface area contributed by atoms with Gasteiger partial charge in [-0.05, 0) is 34.7 Å². The van der Waals surface area contributed by atoms with Crippen LogP contribution in [0.1, 0.15) is 15.9 Å². The summed E-state index contributed by atoms with van der Waals surface area (Å²) < 4.78 is 0. The Balaban J connectivity index is 1.76. The lowest BCUT2D eigenvalue weighted by Gasteiger charge is -2.09. The average Bonchev–Trinajstić information content (AvgIpc) is 3.08. The zero-order chi connectivity index (χ0) is 14.5. The van der Waals surface area contributed by atoms with Gasteiger partial charge in [0.25, 0.3) is 5.91 Å². The first-order valence-electron chi connectivity index (χ1n) is 6.79. The maximum atomic E-state index is 12.1. The van der Waals surface area contributed by atoms with E-state index in [1.54, 1.807) is 11.3 Å². The van der Waals surface area contributed by atoms with Crippen molar-refractivity contribution in [3.63, 3.8) is 0 Å². The van der Waals surface area contributed by atoms with Gasteiger partial charge in [-0.1, -0.05) is 48.5 Å². The lowest BCUT2D eigenvalue weighted by Crippen LogP contribution is -2.22. The highest BCUT2D eigenvalue weighted by molar-refractivity contribution is 7.13. The Labute approximate surface area is 128 Å². The zero-order valence-electron chi connectivity index (χ0n) is 11.5. The molecule has 0 aliphatic rings. The van der Waals surface area contributed by atoms with Crippen molar-refractivity contribution in [2.24, 2.45) is 0 Å². The third kappa shape index (κ3) is 3.20. The normalized spacial score (nSPS) is 10.3. The summed E-state index contributed by atoms with van der Waals surface area (Å²) in [7, 11) is 0. The van der Waals surface area contributed by atoms with Crippen LogP contribution in [0.2, 0.25) is 0 Å². The molecule has 2 nitrogen and oxygen atoms in total. The van der Waals surface area contributed by atoms with E-state index in [4.69, 9.17) is 0 Å². The van der Waals surface area contributed by atoms with Crippen molar-refractivity contribution in [2.75, 3.05) is 0 Å². The van der Waals surface area contributed by atoms with Gasteiger partial charge in [-0.2, -0.15) is 0 Å². The predicted octanol–water partition coefficient (Wildman–Crippen LogP) is 4.35. The molecule has 0 fully saturated rings. The average molecular weight is 293 g/mol. The second-order valence-corrected chi connectivity index (χ2v) is 5.63. The molecule has 21 heavy (non-hydrogen) atoms. The fourth-order valence-corrected chi connectivity index (χ4v) is 3.00. The molecule has 1 amide bonds. The summed E-state index contributed by atoms with van der Waals surface area (Å²) in [5, 5.41) is 5.05. The molecule has 0 aliphatic heterocycles. The van der Waals surface area contributed by atoms with Crippen LogP contribution in [0.15, 0.2) is 72.1 Å². The smallest absolute Gasteiger partial charge is 0.251 e. The maximum Gasteiger partial charge on any atom is 0.251 e. The van der Waals surface area contributed by atoms with Crippen LogP contribution >= 0.6 is 11.3 Å². The first-order valence-corrected chi connectivity index (χ1v) is 7.67. The molecular formula is C18H15NOS. The van der Waals surface area contributed by atoms with Crippen molar-refractivity contribution in [3.8, 4) is 10.4 Å². The monoisotopic (exact) mass is 293 g/mol. The minimum Gasteiger partial charge on any atom is -0.348 e. The number of rotatable bonds is 4. The number of benzene rings is 2. The van der Waals surface area contributed by atoms with Crippen LogP contribution in [0.25, 0.3) is 10.4 Å². The molecule has 0 spiro atoms. The first kappa shape index (κ1) is 13.6. The summed E-state index contributed by atoms with van der Waals surface area (Å²) in [6.07, 6.45) is 0. The van der Waals surface area contributed by atoms with Crippen molar-refractivity contribution < 1.29 is 4.79 Å². The summed E-state index contributed by atoms with van der Waals surface area (Å²) in [4.78, 5) is 13.3. The molecule has 0 aliphatic carbocycles. The topological polar surface area (TPSA) is 29.1 Å². The van der Waals surface area contributed by atoms with E-state index in [0.29, 0.717) is 12.1 Å². The van der Waals surface area contributed by atoms with E-state index in [2.05, 4.69) is 28.9 Å². The van der Waals surface area contributed by atoms with Gasteiger partial charge < -0.3 is 5.32 Å². The van der Waals surface area contributed by atoms with Gasteiger partial charge in [0.1, 0.15) is 0 Å². The van der Waals surface area contributed by atoms with Gasteiger partial charge >= 0.3 is 0 Å². The third-order valence-electron chi connectivity index (χ3n) is 3.28. The number of hydrogen-bond acceptors (Lipinski definition) is 2. The molecule has 0 saturated carbocycles. The minimum atomic E-state index is -0.0448. The molecule has 1 N–H and O–H groups in total. The van der Waals surface area contributed by atoms with Crippen LogP contribution < -0.4 is 5.32 Å². The Hall–Kier alpha value is -2.39. The van der Waals surface area contributed by atoms with Crippen molar-refractivity contribution in [1.82, 2.24) is 5.32 Å². The minimum absolute atomic E-state index is 0.0448. The van der Waals surface area contributed by atoms with E-state index in [0.717, 1.165) is 5.56 Å². The number of carbonyl (C=O) groups is 1. The van der Waals surface area contributed by atoms with Crippen molar-refractivity contribution in [1.29, 1.82) is 0 Å². The van der Waals surface area contributed by atoms with E-state index in [1.165, 1.54) is 10.4 Å². The largest absolute Gasteiger partial charge is 0.348 e. The SMILES string of the molecule is O=C(NCc1ccccc1-c1cccs1)c1ccccc1. The van der Waals surface area contributed by atoms with Crippen LogP contribution in [-0.2, 0) is 6.54 Å². The molecule has 3 aromatic rings. The van der Waals surface area contributed by atoms with Crippen LogP contribution in [0, 0.1) is 0 Å². The Kier molecular flexibility index (Phi) is 4.12. The molecule has 3 rings (SSSR count). The molecular weight excluding hydrogens is 278 g/mol. The lowest BCUT2D eigenvalue weighted by atomic mass is 10.1. The van der Waals surface area contributed by atoms with E-state index in [1.807, 2.05) is 48.5 Å². The van der Waals surface area contributed by atoms with Crippen molar-refractivity contribution >= 4 is 17.2 Å². The second kappa shape index (κ2) is 6.37. The van der Waals surface area contributed by atoms with Crippen molar-refractivity contribution in [2.45, 2.75) is 6.54 Å². The first-order chi connectivity index (χ1) is 10.3. The molecule has 1 heterocycles. The number of thiophene rings is 1. The number of nitrogens with one attached hydrogen (secondary N) is 1. The van der Waals surface area contributed by atoms with Gasteiger partial charge in [-0.15, -0.1) is 11.3 Å². The summed E-state index contributed by atoms with van der Waals surface area (Å²) in [6.45, 7) is 0.530. The highest BCUT2D eigenvalue weighted by Gasteiger charge is 2.08. The van der Waals surface area contributed by atoms with Crippen molar-refractivity contribution in [3.05, 3.63) is 83.2 Å². The summed E-state index contributed by atoms with van der Waals surface area (Å²) in [6, 6.07) is 21.6. The van der Waals surface area contributed by atoms with Gasteiger partial charge in [0.05, 0.1) is 0 Å². The van der Waals surface area contributed by atoms with Gasteiger partial charge in [0.2, 0.25) is 0 Å². The number of amides is 1. The van der Waals surface area contributed by atoms with Crippen LogP contribution in [0.3, 0.4) is 0 Å². The Morgan fingerprint density at radius 2 is 1.67 bits per heavy atom. The molecule has 0 unspecified atom stereocenters. The van der Waals surface area contributed by atoms with Gasteiger partial charge in [-0.25, -0.2) is 0 Å². The molecule has 2 aromatic carbocycles. The fraction of sp³-hybridized carbons (Fsp3) is 0.0556. The number of carbonyl (C=O) groups excluding carboxylic acids is 1. The number of hydrogen-bond donors (Lipinski definition) is 1. The van der Waals surface area contributed by atoms with Gasteiger partial charge in [0, 0.05) is 17.0 Å². The van der Waals surface area contributed by atoms with E-state index >= 15 is 0 Å². The molecule has 0 radical (unpaired) electrons. The Morgan fingerprint density at radius 1 is 0.905 bits per heavy atom. The molecule has 0 atom stereocenters. The van der Waals surface area contributed by atoms with Gasteiger partial charge in [0.15, 0.2) is 0 Å². The predicted molar refractivity (Wildman–Crippen MR) is 87.4 cm³/mol. The van der Waals surface area contributed by atoms with Crippen LogP contribution in [0.4, 0.5) is 0 Å². The van der Waals surface area contributed by atoms with E-state index in [-0.39, 0.29) is 5.91 Å². The molecule has 104 valence electrons. The maximum absolute atomic E-state index is 12.1. The quantitative estimate of drug-likeness (QED) is 0.761. The third-order valence-corrected chi connectivity index (χ3v) is 4.18. The molecule has 0 bridgehead atoms. The second-order valence-electron chi connectivity index (χ2n) is 4.68. The molecule has 0 saturated heterocycles. The van der Waals surface area contributed by atoms with Crippen LogP contribution in [-0.4, -0.2) is 5.91 Å². The Bertz CT molecular complexity index is 720. The lowest BCUT2D eigenvalue weighted by molar-refractivity contribution is 0.0951. The fourth-order valence-electron chi connectivity index (χ4n) is 2.21. The summed E-state index contributed by atoms with van der Waals surface area (Å²) in [5.41, 5.74) is 3.00. The molecule has 1 aromatic heterocycles. The standard InChI is InChI=1S/C18H15NOS/c20-18(14-7-2-1-3-8-14)19-13-15-9-4-5-10-16(15)17-11-6-12-21-17/h1-12H,13H2,(H,19,20).